The van der Waals surface area contributed by atoms with Crippen LogP contribution in [0.4, 0.5) is 5.69 Å². The monoisotopic (exact) mass is 206 g/mol. The van der Waals surface area contributed by atoms with Gasteiger partial charge in [0.15, 0.2) is 0 Å². The van der Waals surface area contributed by atoms with Crippen LogP contribution in [0.15, 0.2) is 18.2 Å². The van der Waals surface area contributed by atoms with E-state index in [1.807, 2.05) is 0 Å². The van der Waals surface area contributed by atoms with Crippen LogP contribution in [0.5, 0.6) is 0 Å². The fourth-order valence-electron chi connectivity index (χ4n) is 1.72. The van der Waals surface area contributed by atoms with Crippen molar-refractivity contribution in [2.24, 2.45) is 0 Å². The number of non-ortho nitro benzene ring substituents is 1. The SMILES string of the molecule is CC(=O)N1Cc2ccc([N+](=O)[O-])cc2C1. The molecule has 1 aromatic carbocycles. The highest BCUT2D eigenvalue weighted by Crippen LogP contribution is 2.26. The number of rotatable bonds is 1. The summed E-state index contributed by atoms with van der Waals surface area (Å²) in [6.07, 6.45) is 0. The van der Waals surface area contributed by atoms with Gasteiger partial charge in [0, 0.05) is 32.1 Å². The summed E-state index contributed by atoms with van der Waals surface area (Å²) in [7, 11) is 0. The molecular weight excluding hydrogens is 196 g/mol. The van der Waals surface area contributed by atoms with Crippen LogP contribution >= 0.6 is 0 Å². The molecule has 2 rings (SSSR count). The zero-order valence-electron chi connectivity index (χ0n) is 8.27. The number of benzene rings is 1. The molecule has 0 bridgehead atoms. The molecule has 0 saturated heterocycles. The van der Waals surface area contributed by atoms with Gasteiger partial charge in [-0.1, -0.05) is 6.07 Å². The quantitative estimate of drug-likeness (QED) is 0.516. The standard InChI is InChI=1S/C10H10N2O3/c1-7(13)11-5-8-2-3-10(12(14)15)4-9(8)6-11/h2-4H,5-6H2,1H3. The van der Waals surface area contributed by atoms with E-state index in [0.717, 1.165) is 11.1 Å². The third kappa shape index (κ3) is 1.68. The minimum Gasteiger partial charge on any atom is -0.334 e. The fraction of sp³-hybridized carbons (Fsp3) is 0.300. The Labute approximate surface area is 86.5 Å². The lowest BCUT2D eigenvalue weighted by Crippen LogP contribution is -2.21. The minimum absolute atomic E-state index is 0.00569. The Kier molecular flexibility index (Phi) is 2.15. The van der Waals surface area contributed by atoms with Gasteiger partial charge in [0.05, 0.1) is 4.92 Å². The number of nitro benzene ring substituents is 1. The molecule has 1 heterocycles. The van der Waals surface area contributed by atoms with Crippen molar-refractivity contribution in [3.63, 3.8) is 0 Å². The van der Waals surface area contributed by atoms with Gasteiger partial charge in [-0.05, 0) is 11.1 Å². The first-order valence-electron chi connectivity index (χ1n) is 4.59. The predicted molar refractivity (Wildman–Crippen MR) is 53.0 cm³/mol. The predicted octanol–water partition coefficient (Wildman–Crippen LogP) is 1.46. The Bertz CT molecular complexity index is 442. The average molecular weight is 206 g/mol. The zero-order chi connectivity index (χ0) is 11.0. The molecular formula is C10H10N2O3. The zero-order valence-corrected chi connectivity index (χ0v) is 8.27. The molecule has 15 heavy (non-hydrogen) atoms. The Hall–Kier alpha value is -1.91. The number of nitro groups is 1. The molecule has 5 heteroatoms. The van der Waals surface area contributed by atoms with Gasteiger partial charge in [-0.3, -0.25) is 14.9 Å². The number of fused-ring (bicyclic) bond motifs is 1. The Morgan fingerprint density at radius 1 is 1.40 bits per heavy atom. The molecule has 0 saturated carbocycles. The largest absolute Gasteiger partial charge is 0.334 e. The second-order valence-electron chi connectivity index (χ2n) is 3.59. The first-order chi connectivity index (χ1) is 7.08. The molecule has 1 aliphatic heterocycles. The van der Waals surface area contributed by atoms with Crippen LogP contribution in [0, 0.1) is 10.1 Å². The van der Waals surface area contributed by atoms with Gasteiger partial charge in [-0.25, -0.2) is 0 Å². The molecule has 0 unspecified atom stereocenters. The summed E-state index contributed by atoms with van der Waals surface area (Å²) in [5.74, 6) is -0.00569. The van der Waals surface area contributed by atoms with Crippen LogP contribution in [-0.4, -0.2) is 15.7 Å². The van der Waals surface area contributed by atoms with Gasteiger partial charge in [-0.2, -0.15) is 0 Å². The second kappa shape index (κ2) is 3.34. The van der Waals surface area contributed by atoms with Gasteiger partial charge in [0.1, 0.15) is 0 Å². The number of carbonyl (C=O) groups is 1. The number of hydrogen-bond donors (Lipinski definition) is 0. The number of hydrogen-bond acceptors (Lipinski definition) is 3. The molecule has 5 nitrogen and oxygen atoms in total. The fourth-order valence-corrected chi connectivity index (χ4v) is 1.72. The van der Waals surface area contributed by atoms with Crippen LogP contribution < -0.4 is 0 Å². The van der Waals surface area contributed by atoms with Gasteiger partial charge in [-0.15, -0.1) is 0 Å². The first-order valence-corrected chi connectivity index (χ1v) is 4.59. The van der Waals surface area contributed by atoms with Gasteiger partial charge in [0.25, 0.3) is 5.69 Å². The second-order valence-corrected chi connectivity index (χ2v) is 3.59. The highest BCUT2D eigenvalue weighted by Gasteiger charge is 2.22. The van der Waals surface area contributed by atoms with E-state index in [9.17, 15) is 14.9 Å². The van der Waals surface area contributed by atoms with Crippen molar-refractivity contribution in [2.45, 2.75) is 20.0 Å². The lowest BCUT2D eigenvalue weighted by atomic mass is 10.1. The van der Waals surface area contributed by atoms with Gasteiger partial charge < -0.3 is 4.90 Å². The normalized spacial score (nSPS) is 13.8. The topological polar surface area (TPSA) is 63.5 Å². The molecule has 1 aromatic rings. The molecule has 0 aromatic heterocycles. The number of amides is 1. The van der Waals surface area contributed by atoms with Crippen LogP contribution in [0.2, 0.25) is 0 Å². The minimum atomic E-state index is -0.420. The van der Waals surface area contributed by atoms with Crippen molar-refractivity contribution in [1.29, 1.82) is 0 Å². The maximum Gasteiger partial charge on any atom is 0.269 e. The number of nitrogens with zero attached hydrogens (tertiary/aromatic N) is 2. The third-order valence-electron chi connectivity index (χ3n) is 2.57. The Balaban J connectivity index is 2.31. The molecule has 0 N–H and O–H groups in total. The summed E-state index contributed by atoms with van der Waals surface area (Å²) < 4.78 is 0. The third-order valence-corrected chi connectivity index (χ3v) is 2.57. The summed E-state index contributed by atoms with van der Waals surface area (Å²) in [5.41, 5.74) is 1.95. The molecule has 1 aliphatic rings. The summed E-state index contributed by atoms with van der Waals surface area (Å²) in [4.78, 5) is 22.9. The lowest BCUT2D eigenvalue weighted by Gasteiger charge is -2.10. The summed E-state index contributed by atoms with van der Waals surface area (Å²) in [5, 5.41) is 10.5. The molecule has 0 fully saturated rings. The number of carbonyl (C=O) groups excluding carboxylic acids is 1. The van der Waals surface area contributed by atoms with Crippen molar-refractivity contribution in [2.75, 3.05) is 0 Å². The summed E-state index contributed by atoms with van der Waals surface area (Å²) in [6, 6.07) is 4.73. The maximum absolute atomic E-state index is 11.1. The van der Waals surface area contributed by atoms with Crippen molar-refractivity contribution in [3.05, 3.63) is 39.4 Å². The molecule has 1 amide bonds. The van der Waals surface area contributed by atoms with Gasteiger partial charge >= 0.3 is 0 Å². The highest BCUT2D eigenvalue weighted by molar-refractivity contribution is 5.74. The summed E-state index contributed by atoms with van der Waals surface area (Å²) in [6.45, 7) is 2.54. The molecule has 0 atom stereocenters. The molecule has 0 spiro atoms. The van der Waals surface area contributed by atoms with E-state index < -0.39 is 4.92 Å². The van der Waals surface area contributed by atoms with Crippen molar-refractivity contribution in [3.8, 4) is 0 Å². The average Bonchev–Trinajstić information content (AvgIpc) is 2.59. The van der Waals surface area contributed by atoms with E-state index in [1.54, 1.807) is 11.0 Å². The van der Waals surface area contributed by atoms with Gasteiger partial charge in [0.2, 0.25) is 5.91 Å². The highest BCUT2D eigenvalue weighted by atomic mass is 16.6. The Morgan fingerprint density at radius 3 is 2.67 bits per heavy atom. The molecule has 0 aliphatic carbocycles. The van der Waals surface area contributed by atoms with Crippen LogP contribution in [0.25, 0.3) is 0 Å². The smallest absolute Gasteiger partial charge is 0.269 e. The van der Waals surface area contributed by atoms with Crippen molar-refractivity contribution in [1.82, 2.24) is 4.90 Å². The lowest BCUT2D eigenvalue weighted by molar-refractivity contribution is -0.384. The maximum atomic E-state index is 11.1. The van der Waals surface area contributed by atoms with E-state index in [2.05, 4.69) is 0 Å². The summed E-state index contributed by atoms with van der Waals surface area (Å²) >= 11 is 0. The first kappa shape index (κ1) is 9.64. The van der Waals surface area contributed by atoms with Crippen LogP contribution in [0.1, 0.15) is 18.1 Å². The van der Waals surface area contributed by atoms with E-state index in [-0.39, 0.29) is 11.6 Å². The Morgan fingerprint density at radius 2 is 2.07 bits per heavy atom. The van der Waals surface area contributed by atoms with E-state index in [4.69, 9.17) is 0 Å². The van der Waals surface area contributed by atoms with Crippen molar-refractivity contribution < 1.29 is 9.72 Å². The van der Waals surface area contributed by atoms with E-state index >= 15 is 0 Å². The van der Waals surface area contributed by atoms with Crippen LogP contribution in [0.3, 0.4) is 0 Å². The molecule has 0 radical (unpaired) electrons. The van der Waals surface area contributed by atoms with E-state index in [1.165, 1.54) is 19.1 Å². The molecule has 78 valence electrons. The van der Waals surface area contributed by atoms with E-state index in [0.29, 0.717) is 13.1 Å². The van der Waals surface area contributed by atoms with Crippen molar-refractivity contribution >= 4 is 11.6 Å². The van der Waals surface area contributed by atoms with Crippen LogP contribution in [-0.2, 0) is 17.9 Å².